The number of carbonyl (C=O) groups is 1. The van der Waals surface area contributed by atoms with Crippen LogP contribution in [0, 0.1) is 5.92 Å². The van der Waals surface area contributed by atoms with Crippen LogP contribution in [0.2, 0.25) is 0 Å². The Morgan fingerprint density at radius 1 is 1.04 bits per heavy atom. The lowest BCUT2D eigenvalue weighted by atomic mass is 10.0. The van der Waals surface area contributed by atoms with Gasteiger partial charge in [0.15, 0.2) is 0 Å². The minimum absolute atomic E-state index is 0.174. The fourth-order valence-corrected chi connectivity index (χ4v) is 3.69. The number of nitrogens with one attached hydrogen (secondary N) is 1. The van der Waals surface area contributed by atoms with Gasteiger partial charge < -0.3 is 9.88 Å². The molecule has 4 heteroatoms. The molecule has 0 bridgehead atoms. The number of aryl methyl sites for hydroxylation is 2. The molecule has 4 nitrogen and oxygen atoms in total. The van der Waals surface area contributed by atoms with Gasteiger partial charge in [-0.25, -0.2) is 4.98 Å². The molecule has 0 aliphatic rings. The lowest BCUT2D eigenvalue weighted by Crippen LogP contribution is -2.30. The Labute approximate surface area is 164 Å². The summed E-state index contributed by atoms with van der Waals surface area (Å²) in [7, 11) is 0. The number of benzene rings is 1. The molecule has 1 amide bonds. The number of para-hydroxylation sites is 2. The lowest BCUT2D eigenvalue weighted by molar-refractivity contribution is -0.125. The number of hydrogen-bond acceptors (Lipinski definition) is 2. The standard InChI is InChI=1S/C23H37N3O/c1-4-7-13-18-26-21-15-11-10-14-20(21)25-22(26)16-9-8-12-17-24-23(27)19(5-2)6-3/h10-11,14-15,19H,4-9,12-13,16-18H2,1-3H3,(H,24,27). The molecule has 0 radical (unpaired) electrons. The maximum absolute atomic E-state index is 12.0. The van der Waals surface area contributed by atoms with Crippen LogP contribution < -0.4 is 5.32 Å². The molecule has 1 N–H and O–H groups in total. The average Bonchev–Trinajstić information content (AvgIpc) is 3.03. The maximum Gasteiger partial charge on any atom is 0.223 e. The Bertz CT molecular complexity index is 688. The van der Waals surface area contributed by atoms with Crippen LogP contribution in [0.15, 0.2) is 24.3 Å². The van der Waals surface area contributed by atoms with E-state index in [2.05, 4.69) is 54.9 Å². The molecule has 0 aliphatic heterocycles. The van der Waals surface area contributed by atoms with Gasteiger partial charge in [0.1, 0.15) is 5.82 Å². The minimum atomic E-state index is 0.174. The fourth-order valence-electron chi connectivity index (χ4n) is 3.69. The van der Waals surface area contributed by atoms with Gasteiger partial charge in [-0.05, 0) is 44.2 Å². The van der Waals surface area contributed by atoms with Crippen molar-refractivity contribution in [3.63, 3.8) is 0 Å². The number of carbonyl (C=O) groups excluding carboxylic acids is 1. The van der Waals surface area contributed by atoms with Crippen LogP contribution in [0.25, 0.3) is 11.0 Å². The van der Waals surface area contributed by atoms with Gasteiger partial charge in [0.2, 0.25) is 5.91 Å². The third-order valence-corrected chi connectivity index (χ3v) is 5.45. The number of nitrogens with zero attached hydrogens (tertiary/aromatic N) is 2. The molecule has 27 heavy (non-hydrogen) atoms. The first-order valence-electron chi connectivity index (χ1n) is 10.9. The summed E-state index contributed by atoms with van der Waals surface area (Å²) in [5, 5.41) is 3.09. The van der Waals surface area contributed by atoms with Gasteiger partial charge in [-0.15, -0.1) is 0 Å². The van der Waals surface area contributed by atoms with Crippen LogP contribution in [-0.2, 0) is 17.8 Å². The summed E-state index contributed by atoms with van der Waals surface area (Å²) in [5.41, 5.74) is 2.38. The minimum Gasteiger partial charge on any atom is -0.356 e. The van der Waals surface area contributed by atoms with E-state index in [0.29, 0.717) is 0 Å². The quantitative estimate of drug-likeness (QED) is 0.473. The summed E-state index contributed by atoms with van der Waals surface area (Å²) in [6.45, 7) is 8.27. The first kappa shape index (κ1) is 21.5. The van der Waals surface area contributed by atoms with E-state index < -0.39 is 0 Å². The summed E-state index contributed by atoms with van der Waals surface area (Å²) < 4.78 is 2.42. The van der Waals surface area contributed by atoms with E-state index in [1.807, 2.05) is 0 Å². The van der Waals surface area contributed by atoms with E-state index in [9.17, 15) is 4.79 Å². The van der Waals surface area contributed by atoms with Crippen molar-refractivity contribution in [2.45, 2.75) is 85.1 Å². The molecular weight excluding hydrogens is 334 g/mol. The molecule has 1 aromatic heterocycles. The van der Waals surface area contributed by atoms with Crippen molar-refractivity contribution in [2.24, 2.45) is 5.92 Å². The van der Waals surface area contributed by atoms with Crippen molar-refractivity contribution in [1.82, 2.24) is 14.9 Å². The van der Waals surface area contributed by atoms with Gasteiger partial charge in [-0.2, -0.15) is 0 Å². The Hall–Kier alpha value is -1.84. The van der Waals surface area contributed by atoms with E-state index in [0.717, 1.165) is 57.1 Å². The molecule has 1 heterocycles. The van der Waals surface area contributed by atoms with Crippen molar-refractivity contribution in [3.8, 4) is 0 Å². The number of fused-ring (bicyclic) bond motifs is 1. The molecule has 0 spiro atoms. The van der Waals surface area contributed by atoms with Gasteiger partial charge >= 0.3 is 0 Å². The second-order valence-corrected chi connectivity index (χ2v) is 7.49. The number of unbranched alkanes of at least 4 members (excludes halogenated alkanes) is 4. The highest BCUT2D eigenvalue weighted by atomic mass is 16.1. The summed E-state index contributed by atoms with van der Waals surface area (Å²) >= 11 is 0. The van der Waals surface area contributed by atoms with Crippen molar-refractivity contribution >= 4 is 16.9 Å². The predicted molar refractivity (Wildman–Crippen MR) is 114 cm³/mol. The third-order valence-electron chi connectivity index (χ3n) is 5.45. The zero-order valence-electron chi connectivity index (χ0n) is 17.5. The van der Waals surface area contributed by atoms with E-state index in [1.54, 1.807) is 0 Å². The van der Waals surface area contributed by atoms with Crippen LogP contribution >= 0.6 is 0 Å². The van der Waals surface area contributed by atoms with Crippen LogP contribution in [0.5, 0.6) is 0 Å². The summed E-state index contributed by atoms with van der Waals surface area (Å²) in [6.07, 6.45) is 9.88. The molecule has 0 atom stereocenters. The van der Waals surface area contributed by atoms with Gasteiger partial charge in [-0.1, -0.05) is 52.2 Å². The van der Waals surface area contributed by atoms with Gasteiger partial charge in [0, 0.05) is 25.4 Å². The second kappa shape index (κ2) is 11.8. The number of imidazole rings is 1. The topological polar surface area (TPSA) is 46.9 Å². The number of aromatic nitrogens is 2. The van der Waals surface area contributed by atoms with Crippen molar-refractivity contribution in [1.29, 1.82) is 0 Å². The van der Waals surface area contributed by atoms with Crippen molar-refractivity contribution < 1.29 is 4.79 Å². The maximum atomic E-state index is 12.0. The first-order valence-corrected chi connectivity index (χ1v) is 10.9. The first-order chi connectivity index (χ1) is 13.2. The molecular formula is C23H37N3O. The van der Waals surface area contributed by atoms with E-state index in [1.165, 1.54) is 30.6 Å². The van der Waals surface area contributed by atoms with Crippen molar-refractivity contribution in [2.75, 3.05) is 6.54 Å². The highest BCUT2D eigenvalue weighted by molar-refractivity contribution is 5.78. The lowest BCUT2D eigenvalue weighted by Gasteiger charge is -2.12. The van der Waals surface area contributed by atoms with Crippen LogP contribution in [0.1, 0.15) is 78.0 Å². The van der Waals surface area contributed by atoms with Gasteiger partial charge in [-0.3, -0.25) is 4.79 Å². The molecule has 2 aromatic rings. The van der Waals surface area contributed by atoms with E-state index >= 15 is 0 Å². The van der Waals surface area contributed by atoms with E-state index in [4.69, 9.17) is 4.98 Å². The molecule has 0 aliphatic carbocycles. The molecule has 150 valence electrons. The summed E-state index contributed by atoms with van der Waals surface area (Å²) in [5.74, 6) is 1.61. The van der Waals surface area contributed by atoms with Crippen molar-refractivity contribution in [3.05, 3.63) is 30.1 Å². The smallest absolute Gasteiger partial charge is 0.223 e. The third kappa shape index (κ3) is 6.37. The molecule has 0 fully saturated rings. The second-order valence-electron chi connectivity index (χ2n) is 7.49. The zero-order valence-corrected chi connectivity index (χ0v) is 17.5. The van der Waals surface area contributed by atoms with Gasteiger partial charge in [0.05, 0.1) is 11.0 Å². The fraction of sp³-hybridized carbons (Fsp3) is 0.652. The molecule has 0 saturated carbocycles. The van der Waals surface area contributed by atoms with Crippen LogP contribution in [0.3, 0.4) is 0 Å². The largest absolute Gasteiger partial charge is 0.356 e. The number of hydrogen-bond donors (Lipinski definition) is 1. The Morgan fingerprint density at radius 3 is 2.56 bits per heavy atom. The predicted octanol–water partition coefficient (Wildman–Crippen LogP) is 5.49. The van der Waals surface area contributed by atoms with Crippen LogP contribution in [-0.4, -0.2) is 22.0 Å². The Morgan fingerprint density at radius 2 is 1.81 bits per heavy atom. The molecule has 0 unspecified atom stereocenters. The average molecular weight is 372 g/mol. The normalized spacial score (nSPS) is 11.4. The number of rotatable bonds is 13. The summed E-state index contributed by atoms with van der Waals surface area (Å²) in [4.78, 5) is 16.9. The molecule has 1 aromatic carbocycles. The zero-order chi connectivity index (χ0) is 19.5. The monoisotopic (exact) mass is 371 g/mol. The van der Waals surface area contributed by atoms with Crippen LogP contribution in [0.4, 0.5) is 0 Å². The Kier molecular flexibility index (Phi) is 9.37. The molecule has 2 rings (SSSR count). The SMILES string of the molecule is CCCCCn1c(CCCCCNC(=O)C(CC)CC)nc2ccccc21. The highest BCUT2D eigenvalue weighted by Gasteiger charge is 2.13. The van der Waals surface area contributed by atoms with Gasteiger partial charge in [0.25, 0.3) is 0 Å². The highest BCUT2D eigenvalue weighted by Crippen LogP contribution is 2.19. The Balaban J connectivity index is 1.80. The summed E-state index contributed by atoms with van der Waals surface area (Å²) in [6, 6.07) is 8.47. The van der Waals surface area contributed by atoms with E-state index in [-0.39, 0.29) is 11.8 Å². The molecule has 0 saturated heterocycles. The number of amides is 1.